The van der Waals surface area contributed by atoms with Crippen LogP contribution in [0.3, 0.4) is 0 Å². The highest BCUT2D eigenvalue weighted by molar-refractivity contribution is 6.34. The Labute approximate surface area is 183 Å². The molecular weight excluding hydrogens is 398 g/mol. The molecule has 0 spiro atoms. The van der Waals surface area contributed by atoms with Gasteiger partial charge in [0.05, 0.1) is 17.1 Å². The van der Waals surface area contributed by atoms with Crippen LogP contribution in [0.15, 0.2) is 48.5 Å². The predicted molar refractivity (Wildman–Crippen MR) is 122 cm³/mol. The molecule has 2 N–H and O–H groups in total. The Morgan fingerprint density at radius 2 is 1.93 bits per heavy atom. The van der Waals surface area contributed by atoms with E-state index in [1.165, 1.54) is 5.56 Å². The molecule has 30 heavy (non-hydrogen) atoms. The predicted octanol–water partition coefficient (Wildman–Crippen LogP) is 4.52. The second kappa shape index (κ2) is 11.0. The van der Waals surface area contributed by atoms with Gasteiger partial charge in [-0.1, -0.05) is 41.9 Å². The van der Waals surface area contributed by atoms with Gasteiger partial charge in [-0.05, 0) is 62.8 Å². The first-order chi connectivity index (χ1) is 14.5. The smallest absolute Gasteiger partial charge is 0.255 e. The van der Waals surface area contributed by atoms with E-state index < -0.39 is 0 Å². The lowest BCUT2D eigenvalue weighted by atomic mass is 10.0. The van der Waals surface area contributed by atoms with Gasteiger partial charge >= 0.3 is 0 Å². The highest BCUT2D eigenvalue weighted by Crippen LogP contribution is 2.25. The number of halogens is 1. The summed E-state index contributed by atoms with van der Waals surface area (Å²) >= 11 is 6.38. The van der Waals surface area contributed by atoms with Crippen molar-refractivity contribution in [2.75, 3.05) is 25.0 Å². The van der Waals surface area contributed by atoms with Gasteiger partial charge in [0.25, 0.3) is 5.91 Å². The van der Waals surface area contributed by atoms with Gasteiger partial charge in [0.15, 0.2) is 0 Å². The molecule has 160 valence electrons. The Morgan fingerprint density at radius 3 is 2.67 bits per heavy atom. The maximum absolute atomic E-state index is 12.8. The number of rotatable bonds is 8. The minimum atomic E-state index is -0.0681. The van der Waals surface area contributed by atoms with E-state index in [0.29, 0.717) is 17.1 Å². The highest BCUT2D eigenvalue weighted by Gasteiger charge is 2.25. The highest BCUT2D eigenvalue weighted by atomic mass is 35.5. The number of likely N-dealkylation sites (tertiary alicyclic amines) is 1. The molecule has 0 radical (unpaired) electrons. The number of anilines is 1. The van der Waals surface area contributed by atoms with Gasteiger partial charge in [-0.2, -0.15) is 0 Å². The van der Waals surface area contributed by atoms with E-state index in [1.54, 1.807) is 18.2 Å². The van der Waals surface area contributed by atoms with Crippen LogP contribution in [0.1, 0.15) is 48.5 Å². The van der Waals surface area contributed by atoms with Gasteiger partial charge in [-0.25, -0.2) is 0 Å². The van der Waals surface area contributed by atoms with Crippen LogP contribution in [-0.2, 0) is 11.2 Å². The van der Waals surface area contributed by atoms with E-state index in [1.807, 2.05) is 23.1 Å². The zero-order valence-electron chi connectivity index (χ0n) is 17.5. The first-order valence-electron chi connectivity index (χ1n) is 10.7. The molecule has 1 fully saturated rings. The molecule has 0 aliphatic carbocycles. The second-order valence-corrected chi connectivity index (χ2v) is 8.24. The molecule has 0 bridgehead atoms. The zero-order valence-corrected chi connectivity index (χ0v) is 18.3. The van der Waals surface area contributed by atoms with Crippen molar-refractivity contribution in [3.63, 3.8) is 0 Å². The molecule has 1 saturated heterocycles. The zero-order chi connectivity index (χ0) is 21.3. The summed E-state index contributed by atoms with van der Waals surface area (Å²) < 4.78 is 0. The molecule has 1 atom stereocenters. The Balaban J connectivity index is 1.43. The van der Waals surface area contributed by atoms with Crippen LogP contribution in [0.2, 0.25) is 5.02 Å². The van der Waals surface area contributed by atoms with Gasteiger partial charge in [0.2, 0.25) is 5.91 Å². The number of amides is 2. The van der Waals surface area contributed by atoms with Crippen LogP contribution in [0.4, 0.5) is 5.69 Å². The van der Waals surface area contributed by atoms with Crippen molar-refractivity contribution in [1.29, 1.82) is 0 Å². The molecule has 5 nitrogen and oxygen atoms in total. The molecule has 0 aromatic heterocycles. The molecule has 2 amide bonds. The fourth-order valence-corrected chi connectivity index (χ4v) is 4.02. The summed E-state index contributed by atoms with van der Waals surface area (Å²) in [5.41, 5.74) is 2.51. The van der Waals surface area contributed by atoms with E-state index >= 15 is 0 Å². The van der Waals surface area contributed by atoms with Crippen LogP contribution in [0.25, 0.3) is 0 Å². The summed E-state index contributed by atoms with van der Waals surface area (Å²) in [6.45, 7) is 3.66. The summed E-state index contributed by atoms with van der Waals surface area (Å²) in [7, 11) is 0. The summed E-state index contributed by atoms with van der Waals surface area (Å²) in [6, 6.07) is 15.7. The molecule has 1 heterocycles. The number of nitrogens with zero attached hydrogens (tertiary/aromatic N) is 1. The number of carbonyl (C=O) groups is 2. The third-order valence-electron chi connectivity index (χ3n) is 5.52. The van der Waals surface area contributed by atoms with Crippen molar-refractivity contribution in [1.82, 2.24) is 10.2 Å². The third kappa shape index (κ3) is 6.23. The molecule has 1 unspecified atom stereocenters. The lowest BCUT2D eigenvalue weighted by Gasteiger charge is -2.33. The molecule has 2 aromatic rings. The van der Waals surface area contributed by atoms with Gasteiger partial charge in [0.1, 0.15) is 0 Å². The average molecular weight is 428 g/mol. The molecular formula is C24H30ClN3O2. The quantitative estimate of drug-likeness (QED) is 0.609. The van der Waals surface area contributed by atoms with Crippen LogP contribution < -0.4 is 10.6 Å². The van der Waals surface area contributed by atoms with Crippen LogP contribution in [0, 0.1) is 0 Å². The fourth-order valence-electron chi connectivity index (χ4n) is 3.76. The van der Waals surface area contributed by atoms with Crippen molar-refractivity contribution in [3.05, 3.63) is 64.7 Å². The molecule has 0 saturated carbocycles. The number of piperidine rings is 1. The summed E-state index contributed by atoms with van der Waals surface area (Å²) in [6.07, 6.45) is 5.07. The minimum Gasteiger partial charge on any atom is -0.376 e. The fraction of sp³-hybridized carbons (Fsp3) is 0.417. The molecule has 3 rings (SSSR count). The lowest BCUT2D eigenvalue weighted by Crippen LogP contribution is -2.42. The first-order valence-corrected chi connectivity index (χ1v) is 11.1. The molecule has 2 aromatic carbocycles. The van der Waals surface area contributed by atoms with Crippen molar-refractivity contribution in [3.8, 4) is 0 Å². The van der Waals surface area contributed by atoms with Crippen molar-refractivity contribution in [2.45, 2.75) is 45.1 Å². The maximum Gasteiger partial charge on any atom is 0.255 e. The Bertz CT molecular complexity index is 857. The van der Waals surface area contributed by atoms with Crippen molar-refractivity contribution < 1.29 is 9.59 Å². The Hall–Kier alpha value is -2.53. The van der Waals surface area contributed by atoms with Gasteiger partial charge in [-0.15, -0.1) is 0 Å². The van der Waals surface area contributed by atoms with Gasteiger partial charge in [-0.3, -0.25) is 9.59 Å². The van der Waals surface area contributed by atoms with Crippen LogP contribution >= 0.6 is 11.6 Å². The average Bonchev–Trinajstić information content (AvgIpc) is 2.76. The lowest BCUT2D eigenvalue weighted by molar-refractivity contribution is -0.119. The number of aryl methyl sites for hydroxylation is 1. The van der Waals surface area contributed by atoms with E-state index in [0.717, 1.165) is 44.3 Å². The number of nitrogens with one attached hydrogen (secondary N) is 2. The largest absolute Gasteiger partial charge is 0.376 e. The molecule has 1 aliphatic rings. The van der Waals surface area contributed by atoms with Crippen molar-refractivity contribution in [2.24, 2.45) is 0 Å². The Kier molecular flexibility index (Phi) is 8.14. The minimum absolute atomic E-state index is 0.0186. The number of carbonyl (C=O) groups excluding carboxylic acids is 2. The third-order valence-corrected chi connectivity index (χ3v) is 5.84. The maximum atomic E-state index is 12.8. The SMILES string of the molecule is CC1CCCCN1C(=O)c1ccc(NCC(=O)NCCCc2ccccc2)cc1Cl. The standard InChI is InChI=1S/C24H30ClN3O2/c1-18-8-5-6-15-28(18)24(30)21-13-12-20(16-22(21)25)27-17-23(29)26-14-7-11-19-9-3-2-4-10-19/h2-4,9-10,12-13,16,18,27H,5-8,11,14-15,17H2,1H3,(H,26,29). The van der Waals surface area contributed by atoms with E-state index in [-0.39, 0.29) is 24.4 Å². The van der Waals surface area contributed by atoms with Crippen molar-refractivity contribution >= 4 is 29.1 Å². The summed E-state index contributed by atoms with van der Waals surface area (Å²) in [5.74, 6) is -0.0867. The topological polar surface area (TPSA) is 61.4 Å². The summed E-state index contributed by atoms with van der Waals surface area (Å²) in [4.78, 5) is 26.8. The number of benzene rings is 2. The van der Waals surface area contributed by atoms with Gasteiger partial charge < -0.3 is 15.5 Å². The normalized spacial score (nSPS) is 16.2. The van der Waals surface area contributed by atoms with Crippen LogP contribution in [0.5, 0.6) is 0 Å². The number of hydrogen-bond donors (Lipinski definition) is 2. The molecule has 6 heteroatoms. The van der Waals surface area contributed by atoms with Crippen LogP contribution in [-0.4, -0.2) is 42.4 Å². The monoisotopic (exact) mass is 427 g/mol. The van der Waals surface area contributed by atoms with E-state index in [2.05, 4.69) is 29.7 Å². The van der Waals surface area contributed by atoms with Gasteiger partial charge in [0, 0.05) is 24.8 Å². The van der Waals surface area contributed by atoms with E-state index in [9.17, 15) is 9.59 Å². The Morgan fingerprint density at radius 1 is 1.13 bits per heavy atom. The molecule has 1 aliphatic heterocycles. The van der Waals surface area contributed by atoms with E-state index in [4.69, 9.17) is 11.6 Å². The second-order valence-electron chi connectivity index (χ2n) is 7.83. The number of hydrogen-bond acceptors (Lipinski definition) is 3. The first kappa shape index (κ1) is 22.2. The summed E-state index contributed by atoms with van der Waals surface area (Å²) in [5, 5.41) is 6.41.